The standard InChI is InChI=1S/C23H28N4O2/c1-29-19-4-2-3-17(11-19)26-22-9-10-27(23(22)28)18-7-8-20(16-13-24-25-14-16)21(12-18)15-5-6-15/h2-4,7-8,11-12,15-16,22,24-26H,5-6,9-10,13-14H2,1H3. The molecule has 0 spiro atoms. The highest BCUT2D eigenvalue weighted by Crippen LogP contribution is 2.45. The maximum atomic E-state index is 13.1. The highest BCUT2D eigenvalue weighted by molar-refractivity contribution is 6.01. The Morgan fingerprint density at radius 2 is 1.83 bits per heavy atom. The van der Waals surface area contributed by atoms with Crippen LogP contribution in [0.15, 0.2) is 42.5 Å². The number of ether oxygens (including phenoxy) is 1. The summed E-state index contributed by atoms with van der Waals surface area (Å²) in [6, 6.07) is 14.2. The van der Waals surface area contributed by atoms with Gasteiger partial charge in [0.1, 0.15) is 11.8 Å². The second kappa shape index (κ2) is 7.69. The first-order valence-electron chi connectivity index (χ1n) is 10.5. The molecule has 1 unspecified atom stereocenters. The second-order valence-electron chi connectivity index (χ2n) is 8.25. The summed E-state index contributed by atoms with van der Waals surface area (Å²) in [5.41, 5.74) is 11.3. The molecule has 2 heterocycles. The minimum absolute atomic E-state index is 0.145. The number of nitrogens with zero attached hydrogens (tertiary/aromatic N) is 1. The van der Waals surface area contributed by atoms with Crippen LogP contribution >= 0.6 is 0 Å². The second-order valence-corrected chi connectivity index (χ2v) is 8.25. The fourth-order valence-corrected chi connectivity index (χ4v) is 4.52. The van der Waals surface area contributed by atoms with Crippen molar-refractivity contribution in [3.8, 4) is 5.75 Å². The van der Waals surface area contributed by atoms with E-state index in [1.54, 1.807) is 7.11 Å². The monoisotopic (exact) mass is 392 g/mol. The number of carbonyl (C=O) groups is 1. The van der Waals surface area contributed by atoms with E-state index >= 15 is 0 Å². The van der Waals surface area contributed by atoms with E-state index in [0.29, 0.717) is 11.8 Å². The lowest BCUT2D eigenvalue weighted by atomic mass is 9.92. The molecule has 29 heavy (non-hydrogen) atoms. The summed E-state index contributed by atoms with van der Waals surface area (Å²) in [7, 11) is 1.65. The molecular weight excluding hydrogens is 364 g/mol. The summed E-state index contributed by atoms with van der Waals surface area (Å²) in [6.45, 7) is 2.68. The van der Waals surface area contributed by atoms with Crippen molar-refractivity contribution in [2.75, 3.05) is 37.0 Å². The fourth-order valence-electron chi connectivity index (χ4n) is 4.52. The van der Waals surface area contributed by atoms with E-state index < -0.39 is 0 Å². The van der Waals surface area contributed by atoms with Gasteiger partial charge < -0.3 is 15.0 Å². The summed E-state index contributed by atoms with van der Waals surface area (Å²) < 4.78 is 5.29. The van der Waals surface area contributed by atoms with Crippen LogP contribution in [0.5, 0.6) is 5.75 Å². The van der Waals surface area contributed by atoms with Gasteiger partial charge in [-0.2, -0.15) is 0 Å². The van der Waals surface area contributed by atoms with Crippen LogP contribution in [0.25, 0.3) is 0 Å². The lowest BCUT2D eigenvalue weighted by Gasteiger charge is -2.21. The van der Waals surface area contributed by atoms with Crippen LogP contribution in [-0.4, -0.2) is 38.7 Å². The molecule has 152 valence electrons. The minimum atomic E-state index is -0.200. The molecule has 1 atom stereocenters. The number of anilines is 2. The van der Waals surface area contributed by atoms with Crippen LogP contribution in [-0.2, 0) is 4.79 Å². The average molecular weight is 393 g/mol. The van der Waals surface area contributed by atoms with Crippen molar-refractivity contribution in [1.29, 1.82) is 0 Å². The van der Waals surface area contributed by atoms with E-state index in [-0.39, 0.29) is 11.9 Å². The summed E-state index contributed by atoms with van der Waals surface area (Å²) in [4.78, 5) is 15.1. The van der Waals surface area contributed by atoms with Crippen molar-refractivity contribution in [1.82, 2.24) is 10.9 Å². The molecule has 2 aliphatic heterocycles. The van der Waals surface area contributed by atoms with Gasteiger partial charge in [0, 0.05) is 43.0 Å². The first-order chi connectivity index (χ1) is 14.2. The number of methoxy groups -OCH3 is 1. The van der Waals surface area contributed by atoms with Gasteiger partial charge >= 0.3 is 0 Å². The van der Waals surface area contributed by atoms with E-state index in [0.717, 1.165) is 43.2 Å². The van der Waals surface area contributed by atoms with Crippen molar-refractivity contribution in [3.63, 3.8) is 0 Å². The van der Waals surface area contributed by atoms with Crippen LogP contribution < -0.4 is 25.8 Å². The largest absolute Gasteiger partial charge is 0.497 e. The number of hydrogen-bond acceptors (Lipinski definition) is 5. The van der Waals surface area contributed by atoms with Gasteiger partial charge in [0.05, 0.1) is 7.11 Å². The third kappa shape index (κ3) is 3.70. The van der Waals surface area contributed by atoms with Crippen LogP contribution in [0, 0.1) is 0 Å². The number of hydrazine groups is 1. The zero-order valence-corrected chi connectivity index (χ0v) is 16.8. The molecule has 1 aliphatic carbocycles. The molecule has 2 aromatic carbocycles. The molecule has 6 heteroatoms. The summed E-state index contributed by atoms with van der Waals surface area (Å²) in [5.74, 6) is 2.11. The van der Waals surface area contributed by atoms with Crippen LogP contribution in [0.4, 0.5) is 11.4 Å². The Balaban J connectivity index is 1.34. The molecule has 0 aromatic heterocycles. The van der Waals surface area contributed by atoms with Crippen LogP contribution in [0.2, 0.25) is 0 Å². The maximum absolute atomic E-state index is 13.1. The number of carbonyl (C=O) groups excluding carboxylic acids is 1. The van der Waals surface area contributed by atoms with Gasteiger partial charge in [0.2, 0.25) is 5.91 Å². The molecule has 3 fully saturated rings. The molecule has 1 saturated carbocycles. The molecular formula is C23H28N4O2. The van der Waals surface area contributed by atoms with Gasteiger partial charge in [-0.1, -0.05) is 12.1 Å². The summed E-state index contributed by atoms with van der Waals surface area (Å²) in [6.07, 6.45) is 3.32. The predicted molar refractivity (Wildman–Crippen MR) is 115 cm³/mol. The molecule has 0 radical (unpaired) electrons. The zero-order valence-electron chi connectivity index (χ0n) is 16.8. The first-order valence-corrected chi connectivity index (χ1v) is 10.5. The van der Waals surface area contributed by atoms with Gasteiger partial charge in [0.15, 0.2) is 0 Å². The molecule has 2 saturated heterocycles. The van der Waals surface area contributed by atoms with E-state index in [9.17, 15) is 4.79 Å². The van der Waals surface area contributed by atoms with E-state index in [1.165, 1.54) is 24.0 Å². The van der Waals surface area contributed by atoms with Crippen molar-refractivity contribution in [2.45, 2.75) is 37.1 Å². The van der Waals surface area contributed by atoms with Gasteiger partial charge in [-0.15, -0.1) is 0 Å². The number of nitrogens with one attached hydrogen (secondary N) is 3. The maximum Gasteiger partial charge on any atom is 0.249 e. The number of rotatable bonds is 6. The Labute approximate surface area is 171 Å². The van der Waals surface area contributed by atoms with Crippen LogP contribution in [0.1, 0.15) is 42.2 Å². The lowest BCUT2D eigenvalue weighted by Crippen LogP contribution is -2.33. The first kappa shape index (κ1) is 18.5. The summed E-state index contributed by atoms with van der Waals surface area (Å²) >= 11 is 0. The third-order valence-electron chi connectivity index (χ3n) is 6.28. The molecule has 3 aliphatic rings. The van der Waals surface area contributed by atoms with Gasteiger partial charge in [-0.25, -0.2) is 0 Å². The SMILES string of the molecule is COc1cccc(NC2CCN(c3ccc(C4CNNC4)c(C4CC4)c3)C2=O)c1. The van der Waals surface area contributed by atoms with Crippen molar-refractivity contribution in [3.05, 3.63) is 53.6 Å². The van der Waals surface area contributed by atoms with Crippen LogP contribution in [0.3, 0.4) is 0 Å². The Kier molecular flexibility index (Phi) is 4.89. The molecule has 1 amide bonds. The van der Waals surface area contributed by atoms with Crippen molar-refractivity contribution >= 4 is 17.3 Å². The number of amides is 1. The Bertz CT molecular complexity index is 906. The fraction of sp³-hybridized carbons (Fsp3) is 0.435. The lowest BCUT2D eigenvalue weighted by molar-refractivity contribution is -0.117. The zero-order chi connectivity index (χ0) is 19.8. The third-order valence-corrected chi connectivity index (χ3v) is 6.28. The average Bonchev–Trinajstić information content (AvgIpc) is 3.34. The Hall–Kier alpha value is -2.57. The quantitative estimate of drug-likeness (QED) is 0.705. The van der Waals surface area contributed by atoms with E-state index in [2.05, 4.69) is 34.4 Å². The van der Waals surface area contributed by atoms with Gasteiger partial charge in [-0.3, -0.25) is 15.6 Å². The van der Waals surface area contributed by atoms with Crippen molar-refractivity contribution < 1.29 is 9.53 Å². The highest BCUT2D eigenvalue weighted by atomic mass is 16.5. The smallest absolute Gasteiger partial charge is 0.249 e. The molecule has 2 aromatic rings. The summed E-state index contributed by atoms with van der Waals surface area (Å²) in [5, 5.41) is 3.38. The Morgan fingerprint density at radius 1 is 1.00 bits per heavy atom. The molecule has 5 rings (SSSR count). The number of benzene rings is 2. The number of hydrogen-bond donors (Lipinski definition) is 3. The van der Waals surface area contributed by atoms with E-state index in [1.807, 2.05) is 29.2 Å². The predicted octanol–water partition coefficient (Wildman–Crippen LogP) is 2.98. The minimum Gasteiger partial charge on any atom is -0.497 e. The normalized spacial score (nSPS) is 22.3. The van der Waals surface area contributed by atoms with Crippen molar-refractivity contribution in [2.24, 2.45) is 0 Å². The highest BCUT2D eigenvalue weighted by Gasteiger charge is 2.35. The topological polar surface area (TPSA) is 65.6 Å². The molecule has 3 N–H and O–H groups in total. The molecule has 6 nitrogen and oxygen atoms in total. The molecule has 0 bridgehead atoms. The Morgan fingerprint density at radius 3 is 2.59 bits per heavy atom. The van der Waals surface area contributed by atoms with Gasteiger partial charge in [0.25, 0.3) is 0 Å². The van der Waals surface area contributed by atoms with Gasteiger partial charge in [-0.05, 0) is 60.6 Å². The van der Waals surface area contributed by atoms with E-state index in [4.69, 9.17) is 4.74 Å².